The first-order valence-corrected chi connectivity index (χ1v) is 12.8. The maximum atomic E-state index is 13.5. The Kier molecular flexibility index (Phi) is 6.81. The highest BCUT2D eigenvalue weighted by Gasteiger charge is 2.49. The van der Waals surface area contributed by atoms with Crippen LogP contribution in [0.4, 0.5) is 24.5 Å². The first-order valence-electron chi connectivity index (χ1n) is 12.8. The molecule has 37 heavy (non-hydrogen) atoms. The van der Waals surface area contributed by atoms with Gasteiger partial charge in [-0.3, -0.25) is 9.80 Å². The molecule has 0 radical (unpaired) electrons. The van der Waals surface area contributed by atoms with E-state index >= 15 is 0 Å². The number of fused-ring (bicyclic) bond motifs is 2. The number of carboxylic acids is 1. The summed E-state index contributed by atoms with van der Waals surface area (Å²) in [6, 6.07) is 14.8. The van der Waals surface area contributed by atoms with E-state index in [0.717, 1.165) is 30.8 Å². The minimum atomic E-state index is -4.59. The molecule has 2 fully saturated rings. The second kappa shape index (κ2) is 9.91. The maximum Gasteiger partial charge on any atom is 0.431 e. The van der Waals surface area contributed by atoms with Crippen molar-refractivity contribution >= 4 is 23.1 Å². The highest BCUT2D eigenvalue weighted by atomic mass is 19.4. The number of anilines is 2. The van der Waals surface area contributed by atoms with E-state index in [4.69, 9.17) is 4.74 Å². The van der Waals surface area contributed by atoms with Gasteiger partial charge in [-0.2, -0.15) is 18.3 Å². The van der Waals surface area contributed by atoms with Crippen LogP contribution in [-0.2, 0) is 11.2 Å². The first kappa shape index (κ1) is 25.4. The average Bonchev–Trinajstić information content (AvgIpc) is 3.29. The third-order valence-electron chi connectivity index (χ3n) is 8.33. The van der Waals surface area contributed by atoms with Crippen LogP contribution < -0.4 is 14.6 Å². The number of ether oxygens (including phenoxy) is 1. The van der Waals surface area contributed by atoms with Gasteiger partial charge in [-0.15, -0.1) is 0 Å². The van der Waals surface area contributed by atoms with Crippen molar-refractivity contribution in [3.63, 3.8) is 0 Å². The molecular weight excluding hydrogens is 483 g/mol. The number of piperidine rings is 1. The minimum absolute atomic E-state index is 0.415. The van der Waals surface area contributed by atoms with E-state index < -0.39 is 36.2 Å². The number of hydrazone groups is 1. The predicted molar refractivity (Wildman–Crippen MR) is 136 cm³/mol. The second-order valence-corrected chi connectivity index (χ2v) is 10.5. The maximum absolute atomic E-state index is 13.5. The molecule has 2 aliphatic heterocycles. The van der Waals surface area contributed by atoms with Gasteiger partial charge in [0.25, 0.3) is 0 Å². The molecule has 0 aromatic heterocycles. The molecule has 0 spiro atoms. The van der Waals surface area contributed by atoms with Crippen molar-refractivity contribution in [2.45, 2.75) is 44.8 Å². The summed E-state index contributed by atoms with van der Waals surface area (Å²) in [5.41, 5.74) is 1.88. The second-order valence-electron chi connectivity index (χ2n) is 10.5. The Morgan fingerprint density at radius 1 is 1.08 bits per heavy atom. The summed E-state index contributed by atoms with van der Waals surface area (Å²) in [6.45, 7) is 3.40. The highest BCUT2D eigenvalue weighted by Crippen LogP contribution is 2.45. The third-order valence-corrected chi connectivity index (χ3v) is 8.33. The summed E-state index contributed by atoms with van der Waals surface area (Å²) in [6.07, 6.45) is -1.69. The van der Waals surface area contributed by atoms with E-state index in [0.29, 0.717) is 23.4 Å². The van der Waals surface area contributed by atoms with Crippen molar-refractivity contribution < 1.29 is 27.8 Å². The van der Waals surface area contributed by atoms with Crippen molar-refractivity contribution in [2.24, 2.45) is 28.8 Å². The Bertz CT molecular complexity index is 1150. The quantitative estimate of drug-likeness (QED) is 0.519. The molecule has 1 N–H and O–H groups in total. The van der Waals surface area contributed by atoms with Gasteiger partial charge in [-0.05, 0) is 66.8 Å². The molecule has 1 saturated heterocycles. The number of rotatable bonds is 7. The third kappa shape index (κ3) is 5.13. The van der Waals surface area contributed by atoms with E-state index in [2.05, 4.69) is 22.1 Å². The number of carboxylic acid groups (broad SMARTS) is 1. The number of carbonyl (C=O) groups is 1. The molecule has 2 aromatic rings. The summed E-state index contributed by atoms with van der Waals surface area (Å²) in [7, 11) is 1.68. The van der Waals surface area contributed by atoms with Gasteiger partial charge in [0.2, 0.25) is 0 Å². The number of hydrogen-bond donors (Lipinski definition) is 1. The summed E-state index contributed by atoms with van der Waals surface area (Å²) in [4.78, 5) is 13.8. The smallest absolute Gasteiger partial charge is 0.431 e. The first-order chi connectivity index (χ1) is 17.6. The Hall–Kier alpha value is -3.23. The van der Waals surface area contributed by atoms with Crippen molar-refractivity contribution in [1.82, 2.24) is 0 Å². The van der Waals surface area contributed by atoms with Crippen LogP contribution in [0.25, 0.3) is 0 Å². The van der Waals surface area contributed by atoms with E-state index in [-0.39, 0.29) is 0 Å². The largest absolute Gasteiger partial charge is 0.497 e. The van der Waals surface area contributed by atoms with Crippen LogP contribution >= 0.6 is 0 Å². The van der Waals surface area contributed by atoms with E-state index in [1.807, 2.05) is 24.3 Å². The van der Waals surface area contributed by atoms with Crippen LogP contribution in [-0.4, -0.2) is 49.2 Å². The SMILES string of the molecule is COc1cccc(N2C[C@H]3CC[C@@H](C2)[C@@H]3Cc2ccc(N3N=C(C(F)(F)F)[C@@H](C)[C@@H]3CC(=O)O)cc2)c1. The van der Waals surface area contributed by atoms with Gasteiger partial charge in [0.1, 0.15) is 11.5 Å². The number of aliphatic carboxylic acids is 1. The Labute approximate surface area is 214 Å². The summed E-state index contributed by atoms with van der Waals surface area (Å²) >= 11 is 0. The van der Waals surface area contributed by atoms with Gasteiger partial charge in [-0.25, -0.2) is 0 Å². The van der Waals surface area contributed by atoms with Crippen LogP contribution in [0.3, 0.4) is 0 Å². The van der Waals surface area contributed by atoms with Crippen molar-refractivity contribution in [1.29, 1.82) is 0 Å². The van der Waals surface area contributed by atoms with Crippen LogP contribution in [0.15, 0.2) is 53.6 Å². The Morgan fingerprint density at radius 3 is 2.35 bits per heavy atom. The Morgan fingerprint density at radius 2 is 1.76 bits per heavy atom. The lowest BCUT2D eigenvalue weighted by atomic mass is 9.80. The molecule has 6 nitrogen and oxygen atoms in total. The van der Waals surface area contributed by atoms with E-state index in [1.54, 1.807) is 19.2 Å². The fraction of sp³-hybridized carbons (Fsp3) is 0.500. The lowest BCUT2D eigenvalue weighted by Crippen LogP contribution is -2.42. The van der Waals surface area contributed by atoms with Crippen molar-refractivity contribution in [3.8, 4) is 5.75 Å². The minimum Gasteiger partial charge on any atom is -0.497 e. The number of halogens is 3. The standard InChI is InChI=1S/C28H32F3N3O3/c1-17-25(14-26(35)36)34(32-27(17)28(29,30)31)21-10-6-18(7-11-21)12-24-19-8-9-20(24)16-33(15-19)22-4-3-5-23(13-22)37-2/h3-7,10-11,13,17,19-20,24-25H,8-9,12,14-16H2,1-2H3,(H,35,36)/t17-,19-,20+,24-,25-/m0/s1. The Balaban J connectivity index is 1.29. The number of methoxy groups -OCH3 is 1. The summed E-state index contributed by atoms with van der Waals surface area (Å²) < 4.78 is 45.8. The van der Waals surface area contributed by atoms with Gasteiger partial charge in [0.15, 0.2) is 0 Å². The monoisotopic (exact) mass is 515 g/mol. The zero-order valence-electron chi connectivity index (χ0n) is 21.0. The molecule has 1 saturated carbocycles. The van der Waals surface area contributed by atoms with Gasteiger partial charge in [-0.1, -0.05) is 25.1 Å². The number of hydrogen-bond acceptors (Lipinski definition) is 5. The predicted octanol–water partition coefficient (Wildman–Crippen LogP) is 5.62. The lowest BCUT2D eigenvalue weighted by molar-refractivity contribution is -0.137. The summed E-state index contributed by atoms with van der Waals surface area (Å²) in [5.74, 6) is 0.422. The number of benzene rings is 2. The van der Waals surface area contributed by atoms with Crippen LogP contribution in [0.2, 0.25) is 0 Å². The van der Waals surface area contributed by atoms with Gasteiger partial charge in [0, 0.05) is 30.8 Å². The topological polar surface area (TPSA) is 65.4 Å². The van der Waals surface area contributed by atoms with Crippen LogP contribution in [0.5, 0.6) is 5.75 Å². The van der Waals surface area contributed by atoms with Crippen LogP contribution in [0.1, 0.15) is 31.7 Å². The molecule has 0 amide bonds. The molecular formula is C28H32F3N3O3. The molecule has 0 unspecified atom stereocenters. The fourth-order valence-electron chi connectivity index (χ4n) is 6.43. The van der Waals surface area contributed by atoms with Crippen LogP contribution in [0, 0.1) is 23.7 Å². The average molecular weight is 516 g/mol. The zero-order chi connectivity index (χ0) is 26.3. The van der Waals surface area contributed by atoms with E-state index in [9.17, 15) is 23.1 Å². The molecule has 2 aromatic carbocycles. The molecule has 1 aliphatic carbocycles. The van der Waals surface area contributed by atoms with Gasteiger partial charge < -0.3 is 14.7 Å². The van der Waals surface area contributed by atoms with E-state index in [1.165, 1.54) is 30.5 Å². The highest BCUT2D eigenvalue weighted by molar-refractivity contribution is 5.95. The normalized spacial score (nSPS) is 27.4. The van der Waals surface area contributed by atoms with Crippen molar-refractivity contribution in [3.05, 3.63) is 54.1 Å². The molecule has 198 valence electrons. The number of nitrogens with zero attached hydrogens (tertiary/aromatic N) is 3. The molecule has 9 heteroatoms. The molecule has 2 bridgehead atoms. The van der Waals surface area contributed by atoms with Gasteiger partial charge in [0.05, 0.1) is 25.3 Å². The zero-order valence-corrected chi connectivity index (χ0v) is 21.0. The molecule has 5 atom stereocenters. The van der Waals surface area contributed by atoms with Crippen molar-refractivity contribution in [2.75, 3.05) is 30.1 Å². The fourth-order valence-corrected chi connectivity index (χ4v) is 6.43. The summed E-state index contributed by atoms with van der Waals surface area (Å²) in [5, 5.41) is 14.3. The lowest BCUT2D eigenvalue weighted by Gasteiger charge is -2.39. The molecule has 2 heterocycles. The molecule has 5 rings (SSSR count). The molecule has 3 aliphatic rings. The van der Waals surface area contributed by atoms with Gasteiger partial charge >= 0.3 is 12.1 Å². The number of alkyl halides is 3.